The number of rotatable bonds is 1. The molecule has 2 atom stereocenters. The molecule has 2 aliphatic rings. The van der Waals surface area contributed by atoms with Crippen LogP contribution in [0.1, 0.15) is 29.6 Å². The molecular formula is C15H17ClN2O2. The van der Waals surface area contributed by atoms with Gasteiger partial charge in [-0.15, -0.1) is 0 Å². The lowest BCUT2D eigenvalue weighted by atomic mass is 9.85. The van der Waals surface area contributed by atoms with Gasteiger partial charge >= 0.3 is 0 Å². The first kappa shape index (κ1) is 13.4. The Bertz CT molecular complexity index is 546. The van der Waals surface area contributed by atoms with Crippen LogP contribution in [0.3, 0.4) is 0 Å². The molecule has 20 heavy (non-hydrogen) atoms. The number of nitrogens with zero attached hydrogens (tertiary/aromatic N) is 1. The van der Waals surface area contributed by atoms with E-state index in [0.717, 1.165) is 12.8 Å². The molecule has 0 aromatic heterocycles. The van der Waals surface area contributed by atoms with Gasteiger partial charge in [-0.3, -0.25) is 9.59 Å². The fourth-order valence-corrected chi connectivity index (χ4v) is 3.32. The minimum atomic E-state index is -0.00838. The van der Waals surface area contributed by atoms with Crippen LogP contribution in [0.4, 0.5) is 0 Å². The average Bonchev–Trinajstić information content (AvgIpc) is 2.46. The Morgan fingerprint density at radius 3 is 2.90 bits per heavy atom. The highest BCUT2D eigenvalue weighted by atomic mass is 35.5. The smallest absolute Gasteiger partial charge is 0.255 e. The summed E-state index contributed by atoms with van der Waals surface area (Å²) in [4.78, 5) is 25.8. The van der Waals surface area contributed by atoms with Gasteiger partial charge in [0.25, 0.3) is 5.91 Å². The molecule has 2 amide bonds. The van der Waals surface area contributed by atoms with Crippen molar-refractivity contribution in [1.29, 1.82) is 0 Å². The average molecular weight is 293 g/mol. The number of nitrogens with one attached hydrogen (secondary N) is 1. The van der Waals surface area contributed by atoms with Gasteiger partial charge in [-0.25, -0.2) is 0 Å². The zero-order valence-electron chi connectivity index (χ0n) is 11.1. The number of likely N-dealkylation sites (tertiary alicyclic amines) is 1. The predicted molar refractivity (Wildman–Crippen MR) is 76.6 cm³/mol. The first-order valence-electron chi connectivity index (χ1n) is 6.98. The van der Waals surface area contributed by atoms with Gasteiger partial charge in [-0.1, -0.05) is 23.7 Å². The van der Waals surface area contributed by atoms with Crippen LogP contribution in [0.2, 0.25) is 5.02 Å². The van der Waals surface area contributed by atoms with Crippen LogP contribution < -0.4 is 5.32 Å². The maximum Gasteiger partial charge on any atom is 0.255 e. The van der Waals surface area contributed by atoms with E-state index >= 15 is 0 Å². The quantitative estimate of drug-likeness (QED) is 0.861. The molecule has 5 heteroatoms. The monoisotopic (exact) mass is 292 g/mol. The number of carbonyl (C=O) groups excluding carboxylic acids is 2. The molecule has 1 aromatic rings. The summed E-state index contributed by atoms with van der Waals surface area (Å²) in [6.45, 7) is 1.38. The van der Waals surface area contributed by atoms with E-state index in [0.29, 0.717) is 36.0 Å². The fraction of sp³-hybridized carbons (Fsp3) is 0.467. The minimum Gasteiger partial charge on any atom is -0.353 e. The van der Waals surface area contributed by atoms with Gasteiger partial charge < -0.3 is 10.2 Å². The van der Waals surface area contributed by atoms with Gasteiger partial charge in [-0.2, -0.15) is 0 Å². The van der Waals surface area contributed by atoms with Crippen LogP contribution in [0.25, 0.3) is 0 Å². The van der Waals surface area contributed by atoms with Gasteiger partial charge in [-0.05, 0) is 30.9 Å². The molecule has 0 aliphatic carbocycles. The molecule has 3 rings (SSSR count). The fourth-order valence-electron chi connectivity index (χ4n) is 3.10. The Morgan fingerprint density at radius 1 is 1.30 bits per heavy atom. The summed E-state index contributed by atoms with van der Waals surface area (Å²) in [5.74, 6) is 0.496. The maximum absolute atomic E-state index is 12.5. The molecule has 0 saturated carbocycles. The van der Waals surface area contributed by atoms with Gasteiger partial charge in [0.1, 0.15) is 0 Å². The van der Waals surface area contributed by atoms with Crippen LogP contribution in [0.15, 0.2) is 24.3 Å². The van der Waals surface area contributed by atoms with Crippen molar-refractivity contribution in [1.82, 2.24) is 10.2 Å². The first-order chi connectivity index (χ1) is 9.65. The summed E-state index contributed by atoms with van der Waals surface area (Å²) < 4.78 is 0. The molecule has 0 spiro atoms. The molecule has 2 fully saturated rings. The Balaban J connectivity index is 1.72. The van der Waals surface area contributed by atoms with E-state index in [-0.39, 0.29) is 17.9 Å². The highest BCUT2D eigenvalue weighted by molar-refractivity contribution is 6.33. The number of halogens is 1. The van der Waals surface area contributed by atoms with Crippen molar-refractivity contribution in [3.63, 3.8) is 0 Å². The van der Waals surface area contributed by atoms with Gasteiger partial charge in [0.05, 0.1) is 10.6 Å². The van der Waals surface area contributed by atoms with Crippen LogP contribution in [-0.4, -0.2) is 35.8 Å². The van der Waals surface area contributed by atoms with E-state index in [1.165, 1.54) is 0 Å². The predicted octanol–water partition coefficient (Wildman–Crippen LogP) is 2.08. The van der Waals surface area contributed by atoms with Crippen molar-refractivity contribution in [3.8, 4) is 0 Å². The first-order valence-corrected chi connectivity index (χ1v) is 7.36. The highest BCUT2D eigenvalue weighted by Gasteiger charge is 2.35. The molecule has 106 valence electrons. The van der Waals surface area contributed by atoms with Crippen molar-refractivity contribution in [2.75, 3.05) is 13.1 Å². The van der Waals surface area contributed by atoms with Gasteiger partial charge in [0, 0.05) is 25.6 Å². The number of fused-ring (bicyclic) bond motifs is 1. The summed E-state index contributed by atoms with van der Waals surface area (Å²) in [6.07, 6.45) is 2.25. The Kier molecular flexibility index (Phi) is 3.66. The zero-order chi connectivity index (χ0) is 14.1. The lowest BCUT2D eigenvalue weighted by Crippen LogP contribution is -2.55. The second-order valence-corrected chi connectivity index (χ2v) is 5.90. The Labute approximate surface area is 123 Å². The number of hydrogen-bond acceptors (Lipinski definition) is 2. The third-order valence-electron chi connectivity index (χ3n) is 4.21. The van der Waals surface area contributed by atoms with E-state index in [1.807, 2.05) is 17.0 Å². The Hall–Kier alpha value is -1.55. The van der Waals surface area contributed by atoms with Crippen LogP contribution in [-0.2, 0) is 4.79 Å². The zero-order valence-corrected chi connectivity index (χ0v) is 11.9. The Morgan fingerprint density at radius 2 is 2.10 bits per heavy atom. The summed E-state index contributed by atoms with van der Waals surface area (Å²) in [7, 11) is 0. The largest absolute Gasteiger partial charge is 0.353 e. The summed E-state index contributed by atoms with van der Waals surface area (Å²) in [5.41, 5.74) is 0.562. The van der Waals surface area contributed by atoms with E-state index in [9.17, 15) is 9.59 Å². The van der Waals surface area contributed by atoms with E-state index < -0.39 is 0 Å². The molecule has 1 aromatic carbocycles. The van der Waals surface area contributed by atoms with Gasteiger partial charge in [0.15, 0.2) is 0 Å². The van der Waals surface area contributed by atoms with Crippen LogP contribution in [0, 0.1) is 5.92 Å². The number of carbonyl (C=O) groups is 2. The topological polar surface area (TPSA) is 49.4 Å². The number of amides is 2. The standard InChI is InChI=1S/C15H17ClN2O2/c16-12-4-2-1-3-11(12)15(20)18-8-7-13-10(9-18)5-6-14(19)17-13/h1-4,10,13H,5-9H2,(H,17,19). The molecule has 2 saturated heterocycles. The second kappa shape index (κ2) is 5.44. The number of benzene rings is 1. The minimum absolute atomic E-state index is 0.00838. The third kappa shape index (κ3) is 2.52. The van der Waals surface area contributed by atoms with Crippen molar-refractivity contribution < 1.29 is 9.59 Å². The SMILES string of the molecule is O=C1CCC2CN(C(=O)c3ccccc3Cl)CCC2N1. The lowest BCUT2D eigenvalue weighted by molar-refractivity contribution is -0.125. The third-order valence-corrected chi connectivity index (χ3v) is 4.54. The number of hydrogen-bond donors (Lipinski definition) is 1. The van der Waals surface area contributed by atoms with E-state index in [2.05, 4.69) is 5.32 Å². The lowest BCUT2D eigenvalue weighted by Gasteiger charge is -2.41. The molecule has 2 unspecified atom stereocenters. The molecule has 1 N–H and O–H groups in total. The summed E-state index contributed by atoms with van der Waals surface area (Å²) in [6, 6.07) is 7.38. The van der Waals surface area contributed by atoms with Crippen molar-refractivity contribution in [3.05, 3.63) is 34.9 Å². The van der Waals surface area contributed by atoms with Crippen LogP contribution >= 0.6 is 11.6 Å². The summed E-state index contributed by atoms with van der Waals surface area (Å²) in [5, 5.41) is 3.52. The molecule has 4 nitrogen and oxygen atoms in total. The van der Waals surface area contributed by atoms with E-state index in [1.54, 1.807) is 12.1 Å². The normalized spacial score (nSPS) is 25.9. The van der Waals surface area contributed by atoms with Crippen molar-refractivity contribution in [2.45, 2.75) is 25.3 Å². The number of piperidine rings is 2. The summed E-state index contributed by atoms with van der Waals surface area (Å²) >= 11 is 6.09. The van der Waals surface area contributed by atoms with Crippen molar-refractivity contribution in [2.24, 2.45) is 5.92 Å². The van der Waals surface area contributed by atoms with Crippen molar-refractivity contribution >= 4 is 23.4 Å². The molecular weight excluding hydrogens is 276 g/mol. The molecule has 0 bridgehead atoms. The molecule has 0 radical (unpaired) electrons. The van der Waals surface area contributed by atoms with Crippen LogP contribution in [0.5, 0.6) is 0 Å². The molecule has 2 aliphatic heterocycles. The highest BCUT2D eigenvalue weighted by Crippen LogP contribution is 2.27. The molecule has 2 heterocycles. The second-order valence-electron chi connectivity index (χ2n) is 5.49. The maximum atomic E-state index is 12.5. The van der Waals surface area contributed by atoms with Gasteiger partial charge in [0.2, 0.25) is 5.91 Å². The van der Waals surface area contributed by atoms with E-state index in [4.69, 9.17) is 11.6 Å².